The third-order valence-electron chi connectivity index (χ3n) is 5.82. The second-order valence-electron chi connectivity index (χ2n) is 8.42. The fraction of sp³-hybridized carbons (Fsp3) is 0.385. The van der Waals surface area contributed by atoms with E-state index < -0.39 is 0 Å². The molecule has 174 valence electrons. The number of carbonyl (C=O) groups excluding carboxylic acids is 1. The number of rotatable bonds is 9. The number of ether oxygens (including phenoxy) is 2. The van der Waals surface area contributed by atoms with Crippen LogP contribution >= 0.6 is 11.6 Å². The minimum Gasteiger partial charge on any atom is -0.490 e. The highest BCUT2D eigenvalue weighted by Gasteiger charge is 2.43. The van der Waals surface area contributed by atoms with Gasteiger partial charge in [0.25, 0.3) is 5.91 Å². The first-order chi connectivity index (χ1) is 16.0. The second kappa shape index (κ2) is 9.87. The summed E-state index contributed by atoms with van der Waals surface area (Å²) in [4.78, 5) is 15.2. The Morgan fingerprint density at radius 1 is 1.09 bits per heavy atom. The lowest BCUT2D eigenvalue weighted by atomic mass is 9.95. The summed E-state index contributed by atoms with van der Waals surface area (Å²) in [5.74, 6) is 1.35. The third kappa shape index (κ3) is 4.44. The second-order valence-corrected chi connectivity index (χ2v) is 8.85. The molecule has 1 aliphatic heterocycles. The summed E-state index contributed by atoms with van der Waals surface area (Å²) >= 11 is 6.09. The van der Waals surface area contributed by atoms with Crippen molar-refractivity contribution in [2.45, 2.75) is 52.6 Å². The molecule has 1 unspecified atom stereocenters. The van der Waals surface area contributed by atoms with E-state index in [9.17, 15) is 4.79 Å². The van der Waals surface area contributed by atoms with Crippen molar-refractivity contribution in [3.63, 3.8) is 0 Å². The summed E-state index contributed by atoms with van der Waals surface area (Å²) in [6.45, 7) is 9.31. The van der Waals surface area contributed by atoms with E-state index >= 15 is 0 Å². The first-order valence-corrected chi connectivity index (χ1v) is 11.9. The molecule has 0 aliphatic carbocycles. The van der Waals surface area contributed by atoms with Crippen LogP contribution in [0.5, 0.6) is 11.5 Å². The molecule has 0 saturated heterocycles. The van der Waals surface area contributed by atoms with Gasteiger partial charge in [0.05, 0.1) is 24.9 Å². The Labute approximate surface area is 199 Å². The van der Waals surface area contributed by atoms with Crippen molar-refractivity contribution in [1.82, 2.24) is 15.1 Å². The van der Waals surface area contributed by atoms with Crippen molar-refractivity contribution >= 4 is 17.5 Å². The molecular formula is C26H30ClN3O3. The molecule has 1 atom stereocenters. The van der Waals surface area contributed by atoms with E-state index in [0.29, 0.717) is 29.7 Å². The summed E-state index contributed by atoms with van der Waals surface area (Å²) in [5.41, 5.74) is 4.02. The summed E-state index contributed by atoms with van der Waals surface area (Å²) in [7, 11) is 0. The lowest BCUT2D eigenvalue weighted by molar-refractivity contribution is 0.0687. The highest BCUT2D eigenvalue weighted by atomic mass is 35.5. The van der Waals surface area contributed by atoms with Gasteiger partial charge in [-0.3, -0.25) is 9.89 Å². The van der Waals surface area contributed by atoms with E-state index in [-0.39, 0.29) is 18.0 Å². The van der Waals surface area contributed by atoms with Crippen LogP contribution < -0.4 is 9.47 Å². The number of hydrogen-bond donors (Lipinski definition) is 1. The number of benzene rings is 2. The van der Waals surface area contributed by atoms with Gasteiger partial charge in [-0.1, -0.05) is 43.1 Å². The van der Waals surface area contributed by atoms with E-state index in [1.807, 2.05) is 68.1 Å². The minimum atomic E-state index is -0.291. The number of hydrogen-bond acceptors (Lipinski definition) is 4. The maximum atomic E-state index is 13.4. The largest absolute Gasteiger partial charge is 0.490 e. The Balaban J connectivity index is 1.81. The summed E-state index contributed by atoms with van der Waals surface area (Å²) < 4.78 is 11.9. The number of unbranched alkanes of at least 4 members (excludes halogenated alkanes) is 1. The number of H-pyrrole nitrogens is 1. The lowest BCUT2D eigenvalue weighted by Gasteiger charge is -2.30. The predicted octanol–water partition coefficient (Wildman–Crippen LogP) is 6.26. The molecule has 6 nitrogen and oxygen atoms in total. The van der Waals surface area contributed by atoms with Gasteiger partial charge >= 0.3 is 0 Å². The number of fused-ring (bicyclic) bond motifs is 1. The Morgan fingerprint density at radius 3 is 2.52 bits per heavy atom. The highest BCUT2D eigenvalue weighted by Crippen LogP contribution is 2.45. The van der Waals surface area contributed by atoms with Gasteiger partial charge in [-0.05, 0) is 57.0 Å². The van der Waals surface area contributed by atoms with Crippen LogP contribution in [0.2, 0.25) is 5.02 Å². The van der Waals surface area contributed by atoms with Crippen molar-refractivity contribution in [3.05, 3.63) is 64.3 Å². The van der Waals surface area contributed by atoms with E-state index in [2.05, 4.69) is 17.1 Å². The zero-order chi connectivity index (χ0) is 23.5. The number of nitrogens with zero attached hydrogens (tertiary/aromatic N) is 2. The van der Waals surface area contributed by atoms with E-state index in [4.69, 9.17) is 21.1 Å². The molecule has 1 aromatic heterocycles. The average Bonchev–Trinajstić information content (AvgIpc) is 3.35. The number of aromatic nitrogens is 2. The quantitative estimate of drug-likeness (QED) is 0.377. The van der Waals surface area contributed by atoms with E-state index in [1.165, 1.54) is 0 Å². The Morgan fingerprint density at radius 2 is 1.85 bits per heavy atom. The Kier molecular flexibility index (Phi) is 6.94. The van der Waals surface area contributed by atoms with Crippen molar-refractivity contribution in [2.75, 3.05) is 13.2 Å². The molecule has 2 heterocycles. The topological polar surface area (TPSA) is 67.5 Å². The fourth-order valence-electron chi connectivity index (χ4n) is 4.26. The average molecular weight is 468 g/mol. The summed E-state index contributed by atoms with van der Waals surface area (Å²) in [6, 6.07) is 13.2. The van der Waals surface area contributed by atoms with Crippen LogP contribution in [0.3, 0.4) is 0 Å². The zero-order valence-corrected chi connectivity index (χ0v) is 20.3. The van der Waals surface area contributed by atoms with Crippen molar-refractivity contribution in [2.24, 2.45) is 0 Å². The maximum absolute atomic E-state index is 13.4. The molecule has 4 rings (SSSR count). The molecule has 2 aromatic carbocycles. The van der Waals surface area contributed by atoms with Crippen molar-refractivity contribution in [3.8, 4) is 22.8 Å². The molecule has 0 saturated carbocycles. The Bertz CT molecular complexity index is 1120. The molecule has 3 aromatic rings. The Hall–Kier alpha value is -2.99. The molecule has 1 N–H and O–H groups in total. The van der Waals surface area contributed by atoms with Crippen LogP contribution in [0.15, 0.2) is 42.5 Å². The van der Waals surface area contributed by atoms with Gasteiger partial charge in [0, 0.05) is 22.2 Å². The minimum absolute atomic E-state index is 0.00241. The smallest absolute Gasteiger partial charge is 0.273 e. The summed E-state index contributed by atoms with van der Waals surface area (Å²) in [5, 5.41) is 8.16. The van der Waals surface area contributed by atoms with Gasteiger partial charge in [0.15, 0.2) is 11.5 Å². The van der Waals surface area contributed by atoms with Gasteiger partial charge in [-0.2, -0.15) is 5.10 Å². The van der Waals surface area contributed by atoms with Gasteiger partial charge in [0.1, 0.15) is 5.69 Å². The standard InChI is InChI=1S/C26H30ClN3O3/c1-5-7-14-33-20-13-10-18(15-21(20)32-6-2)25-22-23(17-8-11-19(27)12-9-17)28-29-24(22)26(31)30(25)16(3)4/h8-13,15-16,25H,5-7,14H2,1-4H3,(H,28,29). The molecule has 0 spiro atoms. The van der Waals surface area contributed by atoms with Crippen LogP contribution in [0.4, 0.5) is 0 Å². The van der Waals surface area contributed by atoms with E-state index in [1.54, 1.807) is 0 Å². The van der Waals surface area contributed by atoms with Crippen LogP contribution in [-0.2, 0) is 0 Å². The molecule has 0 radical (unpaired) electrons. The number of nitrogens with one attached hydrogen (secondary N) is 1. The maximum Gasteiger partial charge on any atom is 0.273 e. The highest BCUT2D eigenvalue weighted by molar-refractivity contribution is 6.30. The zero-order valence-electron chi connectivity index (χ0n) is 19.5. The first kappa shape index (κ1) is 23.2. The molecular weight excluding hydrogens is 438 g/mol. The monoisotopic (exact) mass is 467 g/mol. The third-order valence-corrected chi connectivity index (χ3v) is 6.07. The summed E-state index contributed by atoms with van der Waals surface area (Å²) in [6.07, 6.45) is 2.04. The van der Waals surface area contributed by atoms with Crippen molar-refractivity contribution in [1.29, 1.82) is 0 Å². The predicted molar refractivity (Wildman–Crippen MR) is 130 cm³/mol. The van der Waals surface area contributed by atoms with E-state index in [0.717, 1.165) is 41.0 Å². The number of halogens is 1. The molecule has 7 heteroatoms. The first-order valence-electron chi connectivity index (χ1n) is 11.5. The molecule has 33 heavy (non-hydrogen) atoms. The fourth-order valence-corrected chi connectivity index (χ4v) is 4.39. The van der Waals surface area contributed by atoms with Crippen LogP contribution in [0.1, 0.15) is 68.2 Å². The number of amides is 1. The number of carbonyl (C=O) groups is 1. The van der Waals surface area contributed by atoms with Crippen molar-refractivity contribution < 1.29 is 14.3 Å². The van der Waals surface area contributed by atoms with Gasteiger partial charge < -0.3 is 14.4 Å². The SMILES string of the molecule is CCCCOc1ccc(C2c3c(-c4ccc(Cl)cc4)n[nH]c3C(=O)N2C(C)C)cc1OCC. The lowest BCUT2D eigenvalue weighted by Crippen LogP contribution is -2.35. The molecule has 0 bridgehead atoms. The normalized spacial score (nSPS) is 15.3. The van der Waals surface area contributed by atoms with Crippen LogP contribution in [0.25, 0.3) is 11.3 Å². The van der Waals surface area contributed by atoms with Gasteiger partial charge in [0.2, 0.25) is 0 Å². The number of aromatic amines is 1. The molecule has 1 amide bonds. The van der Waals surface area contributed by atoms with Gasteiger partial charge in [-0.25, -0.2) is 0 Å². The van der Waals surface area contributed by atoms with Crippen LogP contribution in [-0.4, -0.2) is 40.3 Å². The molecule has 0 fully saturated rings. The molecule has 1 aliphatic rings. The van der Waals surface area contributed by atoms with Gasteiger partial charge in [-0.15, -0.1) is 0 Å². The van der Waals surface area contributed by atoms with Crippen LogP contribution in [0, 0.1) is 0 Å².